The van der Waals surface area contributed by atoms with Crippen molar-refractivity contribution in [2.45, 2.75) is 38.7 Å². The second-order valence-corrected chi connectivity index (χ2v) is 6.93. The number of amides is 1. The molecule has 2 heterocycles. The Morgan fingerprint density at radius 1 is 1.36 bits per heavy atom. The molecular formula is C20H26N2O3. The van der Waals surface area contributed by atoms with Crippen molar-refractivity contribution >= 4 is 11.6 Å². The molecule has 1 amide bonds. The van der Waals surface area contributed by atoms with Crippen LogP contribution in [-0.2, 0) is 14.4 Å². The molecule has 0 saturated carbocycles. The van der Waals surface area contributed by atoms with Gasteiger partial charge in [-0.3, -0.25) is 4.79 Å². The van der Waals surface area contributed by atoms with Gasteiger partial charge in [0, 0.05) is 32.6 Å². The van der Waals surface area contributed by atoms with E-state index in [4.69, 9.17) is 9.57 Å². The maximum Gasteiger partial charge on any atom is 0.226 e. The lowest BCUT2D eigenvalue weighted by atomic mass is 9.74. The lowest BCUT2D eigenvalue weighted by molar-refractivity contribution is -0.139. The second-order valence-electron chi connectivity index (χ2n) is 6.93. The van der Waals surface area contributed by atoms with Gasteiger partial charge in [0.25, 0.3) is 0 Å². The van der Waals surface area contributed by atoms with E-state index >= 15 is 0 Å². The summed E-state index contributed by atoms with van der Waals surface area (Å²) in [5.41, 5.74) is 2.83. The summed E-state index contributed by atoms with van der Waals surface area (Å²) < 4.78 is 5.48. The van der Waals surface area contributed by atoms with Crippen LogP contribution in [0.25, 0.3) is 0 Å². The summed E-state index contributed by atoms with van der Waals surface area (Å²) in [6.45, 7) is 7.44. The molecule has 5 heteroatoms. The number of oxime groups is 1. The zero-order valence-electron chi connectivity index (χ0n) is 14.8. The third kappa shape index (κ3) is 4.10. The number of ether oxygens (including phenoxy) is 1. The zero-order valence-corrected chi connectivity index (χ0v) is 14.8. The first-order chi connectivity index (χ1) is 12.1. The maximum absolute atomic E-state index is 12.7. The average molecular weight is 342 g/mol. The maximum atomic E-state index is 12.7. The van der Waals surface area contributed by atoms with E-state index in [0.717, 1.165) is 30.5 Å². The molecule has 134 valence electrons. The van der Waals surface area contributed by atoms with E-state index in [9.17, 15) is 4.79 Å². The SMILES string of the molecule is C=CCNC(=O)C1(CC2CC(c3ccc(C)cc3)=NO2)CCOCC1. The smallest absolute Gasteiger partial charge is 0.226 e. The molecule has 1 unspecified atom stereocenters. The van der Waals surface area contributed by atoms with Crippen molar-refractivity contribution in [2.75, 3.05) is 19.8 Å². The van der Waals surface area contributed by atoms with E-state index in [1.165, 1.54) is 5.56 Å². The van der Waals surface area contributed by atoms with Crippen LogP contribution < -0.4 is 5.32 Å². The van der Waals surface area contributed by atoms with Crippen LogP contribution in [-0.4, -0.2) is 37.5 Å². The van der Waals surface area contributed by atoms with E-state index in [1.54, 1.807) is 6.08 Å². The molecule has 1 N–H and O–H groups in total. The van der Waals surface area contributed by atoms with Crippen molar-refractivity contribution in [3.63, 3.8) is 0 Å². The van der Waals surface area contributed by atoms with E-state index in [2.05, 4.69) is 48.2 Å². The molecule has 2 aliphatic heterocycles. The summed E-state index contributed by atoms with van der Waals surface area (Å²) in [6.07, 6.45) is 4.48. The van der Waals surface area contributed by atoms with Crippen LogP contribution in [0.5, 0.6) is 0 Å². The van der Waals surface area contributed by atoms with Gasteiger partial charge in [0.15, 0.2) is 0 Å². The number of aryl methyl sites for hydroxylation is 1. The van der Waals surface area contributed by atoms with Gasteiger partial charge >= 0.3 is 0 Å². The van der Waals surface area contributed by atoms with Gasteiger partial charge in [0.05, 0.1) is 11.1 Å². The Morgan fingerprint density at radius 2 is 2.08 bits per heavy atom. The van der Waals surface area contributed by atoms with E-state index in [0.29, 0.717) is 26.2 Å². The molecule has 1 atom stereocenters. The van der Waals surface area contributed by atoms with Crippen LogP contribution in [0.4, 0.5) is 0 Å². The van der Waals surface area contributed by atoms with Crippen molar-refractivity contribution in [1.82, 2.24) is 5.32 Å². The Morgan fingerprint density at radius 3 is 2.76 bits per heavy atom. The van der Waals surface area contributed by atoms with Crippen molar-refractivity contribution in [1.29, 1.82) is 0 Å². The molecule has 0 spiro atoms. The summed E-state index contributed by atoms with van der Waals surface area (Å²) in [5, 5.41) is 7.23. The zero-order chi connectivity index (χ0) is 17.7. The standard InChI is InChI=1S/C20H26N2O3/c1-3-10-21-19(23)20(8-11-24-12-9-20)14-17-13-18(22-25-17)16-6-4-15(2)5-7-16/h3-7,17H,1,8-14H2,2H3,(H,21,23). The first kappa shape index (κ1) is 17.7. The van der Waals surface area contributed by atoms with Crippen molar-refractivity contribution in [3.05, 3.63) is 48.0 Å². The van der Waals surface area contributed by atoms with Crippen molar-refractivity contribution < 1.29 is 14.4 Å². The first-order valence-corrected chi connectivity index (χ1v) is 8.90. The van der Waals surface area contributed by atoms with Crippen molar-refractivity contribution in [3.8, 4) is 0 Å². The third-order valence-corrected chi connectivity index (χ3v) is 5.07. The molecule has 25 heavy (non-hydrogen) atoms. The fraction of sp³-hybridized carbons (Fsp3) is 0.500. The van der Waals surface area contributed by atoms with Gasteiger partial charge in [-0.05, 0) is 25.3 Å². The minimum Gasteiger partial charge on any atom is -0.392 e. The van der Waals surface area contributed by atoms with Gasteiger partial charge < -0.3 is 14.9 Å². The number of nitrogens with zero attached hydrogens (tertiary/aromatic N) is 1. The number of rotatable bonds is 6. The highest BCUT2D eigenvalue weighted by Gasteiger charge is 2.43. The molecule has 1 fully saturated rings. The number of carbonyl (C=O) groups excluding carboxylic acids is 1. The van der Waals surface area contributed by atoms with E-state index < -0.39 is 5.41 Å². The highest BCUT2D eigenvalue weighted by molar-refractivity contribution is 6.01. The molecule has 0 aliphatic carbocycles. The Balaban J connectivity index is 1.66. The Hall–Kier alpha value is -2.14. The normalized spacial score (nSPS) is 22.0. The molecule has 1 aromatic rings. The van der Waals surface area contributed by atoms with Crippen LogP contribution in [0.2, 0.25) is 0 Å². The highest BCUT2D eigenvalue weighted by atomic mass is 16.6. The van der Waals surface area contributed by atoms with Gasteiger partial charge in [-0.1, -0.05) is 41.1 Å². The number of hydrogen-bond acceptors (Lipinski definition) is 4. The molecule has 0 radical (unpaired) electrons. The molecule has 3 rings (SSSR count). The monoisotopic (exact) mass is 342 g/mol. The number of nitrogens with one attached hydrogen (secondary N) is 1. The fourth-order valence-corrected chi connectivity index (χ4v) is 3.53. The summed E-state index contributed by atoms with van der Waals surface area (Å²) >= 11 is 0. The summed E-state index contributed by atoms with van der Waals surface area (Å²) in [6, 6.07) is 8.30. The minimum atomic E-state index is -0.440. The lowest BCUT2D eigenvalue weighted by Gasteiger charge is -2.36. The van der Waals surface area contributed by atoms with Crippen LogP contribution in [0.15, 0.2) is 42.1 Å². The van der Waals surface area contributed by atoms with Crippen LogP contribution >= 0.6 is 0 Å². The Bertz CT molecular complexity index is 645. The van der Waals surface area contributed by atoms with Gasteiger partial charge in [-0.2, -0.15) is 0 Å². The second kappa shape index (κ2) is 7.83. The molecule has 0 bridgehead atoms. The van der Waals surface area contributed by atoms with Gasteiger partial charge in [0.2, 0.25) is 5.91 Å². The largest absolute Gasteiger partial charge is 0.392 e. The summed E-state index contributed by atoms with van der Waals surface area (Å²) in [5.74, 6) is 0.0723. The molecule has 1 saturated heterocycles. The lowest BCUT2D eigenvalue weighted by Crippen LogP contribution is -2.46. The molecule has 2 aliphatic rings. The minimum absolute atomic E-state index is 0.0658. The average Bonchev–Trinajstić information content (AvgIpc) is 3.09. The van der Waals surface area contributed by atoms with Gasteiger partial charge in [-0.15, -0.1) is 6.58 Å². The summed E-state index contributed by atoms with van der Waals surface area (Å²) in [7, 11) is 0. The van der Waals surface area contributed by atoms with E-state index in [1.807, 2.05) is 0 Å². The highest BCUT2D eigenvalue weighted by Crippen LogP contribution is 2.38. The van der Waals surface area contributed by atoms with E-state index in [-0.39, 0.29) is 12.0 Å². The quantitative estimate of drug-likeness (QED) is 0.809. The van der Waals surface area contributed by atoms with Crippen LogP contribution in [0.3, 0.4) is 0 Å². The number of carbonyl (C=O) groups is 1. The predicted octanol–water partition coefficient (Wildman–Crippen LogP) is 2.98. The molecule has 5 nitrogen and oxygen atoms in total. The first-order valence-electron chi connectivity index (χ1n) is 8.90. The third-order valence-electron chi connectivity index (χ3n) is 5.07. The summed E-state index contributed by atoms with van der Waals surface area (Å²) in [4.78, 5) is 18.4. The topological polar surface area (TPSA) is 59.9 Å². The van der Waals surface area contributed by atoms with Crippen LogP contribution in [0.1, 0.15) is 36.8 Å². The van der Waals surface area contributed by atoms with Crippen molar-refractivity contribution in [2.24, 2.45) is 10.6 Å². The number of hydrogen-bond donors (Lipinski definition) is 1. The fourth-order valence-electron chi connectivity index (χ4n) is 3.53. The molecule has 0 aromatic heterocycles. The van der Waals surface area contributed by atoms with Crippen LogP contribution in [0, 0.1) is 12.3 Å². The number of benzene rings is 1. The predicted molar refractivity (Wildman–Crippen MR) is 97.5 cm³/mol. The van der Waals surface area contributed by atoms with Gasteiger partial charge in [0.1, 0.15) is 6.10 Å². The Labute approximate surface area is 149 Å². The Kier molecular flexibility index (Phi) is 5.53. The molecule has 1 aromatic carbocycles. The molecular weight excluding hydrogens is 316 g/mol. The van der Waals surface area contributed by atoms with Gasteiger partial charge in [-0.25, -0.2) is 0 Å².